The summed E-state index contributed by atoms with van der Waals surface area (Å²) >= 11 is 0. The molecule has 5 heteroatoms. The van der Waals surface area contributed by atoms with E-state index in [9.17, 15) is 15.4 Å². The van der Waals surface area contributed by atoms with Gasteiger partial charge in [-0.1, -0.05) is 29.8 Å². The molecule has 0 aromatic heterocycles. The minimum atomic E-state index is -0.444. The molecule has 0 aliphatic heterocycles. The van der Waals surface area contributed by atoms with Crippen LogP contribution >= 0.6 is 0 Å². The quantitative estimate of drug-likeness (QED) is 0.432. The van der Waals surface area contributed by atoms with Crippen molar-refractivity contribution in [3.8, 4) is 11.8 Å². The standard InChI is InChI=1S/C18H18N2O3/c1-14-4-10-18(11-5-14)23-12-2-3-16(13-19)15-6-8-17(9-7-15)20(21)22/h4-11,16H,2-3,12H2,1H3. The van der Waals surface area contributed by atoms with Crippen molar-refractivity contribution in [2.75, 3.05) is 6.61 Å². The lowest BCUT2D eigenvalue weighted by atomic mass is 9.96. The number of benzene rings is 2. The minimum Gasteiger partial charge on any atom is -0.494 e. The fourth-order valence-electron chi connectivity index (χ4n) is 2.25. The highest BCUT2D eigenvalue weighted by atomic mass is 16.6. The van der Waals surface area contributed by atoms with Crippen molar-refractivity contribution in [2.24, 2.45) is 0 Å². The number of rotatable bonds is 7. The third-order valence-corrected chi connectivity index (χ3v) is 3.59. The average molecular weight is 310 g/mol. The van der Waals surface area contributed by atoms with Crippen LogP contribution in [-0.4, -0.2) is 11.5 Å². The first kappa shape index (κ1) is 16.5. The molecule has 2 aromatic carbocycles. The summed E-state index contributed by atoms with van der Waals surface area (Å²) in [6.07, 6.45) is 1.39. The molecule has 0 bridgehead atoms. The van der Waals surface area contributed by atoms with Crippen LogP contribution in [0.3, 0.4) is 0 Å². The van der Waals surface area contributed by atoms with Gasteiger partial charge in [-0.2, -0.15) is 5.26 Å². The number of aryl methyl sites for hydroxylation is 1. The molecule has 0 fully saturated rings. The van der Waals surface area contributed by atoms with Crippen LogP contribution in [-0.2, 0) is 0 Å². The first-order valence-electron chi connectivity index (χ1n) is 7.43. The van der Waals surface area contributed by atoms with Gasteiger partial charge in [0.05, 0.1) is 23.5 Å². The van der Waals surface area contributed by atoms with E-state index in [2.05, 4.69) is 6.07 Å². The molecule has 2 rings (SSSR count). The van der Waals surface area contributed by atoms with E-state index in [1.165, 1.54) is 17.7 Å². The molecule has 5 nitrogen and oxygen atoms in total. The van der Waals surface area contributed by atoms with Gasteiger partial charge in [0.15, 0.2) is 0 Å². The van der Waals surface area contributed by atoms with Crippen molar-refractivity contribution >= 4 is 5.69 Å². The maximum atomic E-state index is 10.6. The molecule has 0 heterocycles. The molecular weight excluding hydrogens is 292 g/mol. The third-order valence-electron chi connectivity index (χ3n) is 3.59. The molecule has 0 spiro atoms. The topological polar surface area (TPSA) is 76.2 Å². The molecular formula is C18H18N2O3. The van der Waals surface area contributed by atoms with Gasteiger partial charge in [0.2, 0.25) is 0 Å². The van der Waals surface area contributed by atoms with Crippen molar-refractivity contribution < 1.29 is 9.66 Å². The molecule has 1 atom stereocenters. The highest BCUT2D eigenvalue weighted by Gasteiger charge is 2.12. The average Bonchev–Trinajstić information content (AvgIpc) is 2.57. The van der Waals surface area contributed by atoms with Gasteiger partial charge in [-0.05, 0) is 37.5 Å². The van der Waals surface area contributed by atoms with E-state index in [0.29, 0.717) is 13.0 Å². The monoisotopic (exact) mass is 310 g/mol. The summed E-state index contributed by atoms with van der Waals surface area (Å²) in [5.74, 6) is 0.539. The van der Waals surface area contributed by atoms with Gasteiger partial charge < -0.3 is 4.74 Å². The lowest BCUT2D eigenvalue weighted by molar-refractivity contribution is -0.384. The van der Waals surface area contributed by atoms with Crippen molar-refractivity contribution in [3.63, 3.8) is 0 Å². The Morgan fingerprint density at radius 2 is 1.83 bits per heavy atom. The summed E-state index contributed by atoms with van der Waals surface area (Å²) in [4.78, 5) is 10.2. The Bertz CT molecular complexity index is 688. The predicted octanol–water partition coefficient (Wildman–Crippen LogP) is 4.37. The van der Waals surface area contributed by atoms with Gasteiger partial charge in [0.1, 0.15) is 5.75 Å². The molecule has 2 aromatic rings. The van der Waals surface area contributed by atoms with Crippen molar-refractivity contribution in [3.05, 3.63) is 69.8 Å². The van der Waals surface area contributed by atoms with Crippen molar-refractivity contribution in [2.45, 2.75) is 25.7 Å². The Morgan fingerprint density at radius 3 is 2.39 bits per heavy atom. The first-order valence-corrected chi connectivity index (χ1v) is 7.43. The largest absolute Gasteiger partial charge is 0.494 e. The first-order chi connectivity index (χ1) is 11.1. The van der Waals surface area contributed by atoms with E-state index < -0.39 is 4.92 Å². The number of nitro groups is 1. The van der Waals surface area contributed by atoms with Crippen LogP contribution in [0.4, 0.5) is 5.69 Å². The Morgan fingerprint density at radius 1 is 1.17 bits per heavy atom. The normalized spacial score (nSPS) is 11.5. The van der Waals surface area contributed by atoms with Crippen LogP contribution < -0.4 is 4.74 Å². The SMILES string of the molecule is Cc1ccc(OCCCC(C#N)c2ccc([N+](=O)[O-])cc2)cc1. The van der Waals surface area contributed by atoms with Crippen LogP contribution in [0, 0.1) is 28.4 Å². The van der Waals surface area contributed by atoms with Gasteiger partial charge in [0, 0.05) is 12.1 Å². The van der Waals surface area contributed by atoms with E-state index in [1.54, 1.807) is 12.1 Å². The highest BCUT2D eigenvalue weighted by molar-refractivity contribution is 5.36. The number of hydrogen-bond donors (Lipinski definition) is 0. The summed E-state index contributed by atoms with van der Waals surface area (Å²) in [6, 6.07) is 16.2. The van der Waals surface area contributed by atoms with Gasteiger partial charge >= 0.3 is 0 Å². The third kappa shape index (κ3) is 4.82. The van der Waals surface area contributed by atoms with Crippen LogP contribution in [0.2, 0.25) is 0 Å². The summed E-state index contributed by atoms with van der Waals surface area (Å²) in [7, 11) is 0. The van der Waals surface area contributed by atoms with Gasteiger partial charge in [-0.15, -0.1) is 0 Å². The van der Waals surface area contributed by atoms with E-state index in [4.69, 9.17) is 4.74 Å². The second-order valence-electron chi connectivity index (χ2n) is 5.33. The van der Waals surface area contributed by atoms with E-state index >= 15 is 0 Å². The van der Waals surface area contributed by atoms with E-state index in [-0.39, 0.29) is 11.6 Å². The van der Waals surface area contributed by atoms with Crippen molar-refractivity contribution in [1.82, 2.24) is 0 Å². The van der Waals surface area contributed by atoms with Gasteiger partial charge in [-0.3, -0.25) is 10.1 Å². The Labute approximate surface area is 135 Å². The molecule has 0 N–H and O–H groups in total. The lowest BCUT2D eigenvalue weighted by Gasteiger charge is -2.10. The highest BCUT2D eigenvalue weighted by Crippen LogP contribution is 2.23. The second-order valence-corrected chi connectivity index (χ2v) is 5.33. The fourth-order valence-corrected chi connectivity index (χ4v) is 2.25. The zero-order valence-corrected chi connectivity index (χ0v) is 12.9. The second kappa shape index (κ2) is 7.95. The van der Waals surface area contributed by atoms with Gasteiger partial charge in [-0.25, -0.2) is 0 Å². The number of nitrogens with zero attached hydrogens (tertiary/aromatic N) is 2. The zero-order valence-electron chi connectivity index (χ0n) is 12.9. The summed E-state index contributed by atoms with van der Waals surface area (Å²) in [5, 5.41) is 19.9. The number of non-ortho nitro benzene ring substituents is 1. The molecule has 0 aliphatic carbocycles. The lowest BCUT2D eigenvalue weighted by Crippen LogP contribution is -2.02. The minimum absolute atomic E-state index is 0.0353. The smallest absolute Gasteiger partial charge is 0.269 e. The van der Waals surface area contributed by atoms with Gasteiger partial charge in [0.25, 0.3) is 5.69 Å². The van der Waals surface area contributed by atoms with Crippen LogP contribution in [0.1, 0.15) is 29.9 Å². The number of nitriles is 1. The molecule has 0 radical (unpaired) electrons. The molecule has 0 aliphatic rings. The van der Waals surface area contributed by atoms with E-state index in [1.807, 2.05) is 31.2 Å². The van der Waals surface area contributed by atoms with Crippen LogP contribution in [0.15, 0.2) is 48.5 Å². The molecule has 1 unspecified atom stereocenters. The predicted molar refractivity (Wildman–Crippen MR) is 87.4 cm³/mol. The van der Waals surface area contributed by atoms with E-state index in [0.717, 1.165) is 17.7 Å². The number of nitro benzene ring substituents is 1. The maximum absolute atomic E-state index is 10.6. The Kier molecular flexibility index (Phi) is 5.70. The molecule has 0 saturated carbocycles. The van der Waals surface area contributed by atoms with Crippen LogP contribution in [0.5, 0.6) is 5.75 Å². The summed E-state index contributed by atoms with van der Waals surface area (Å²) in [6.45, 7) is 2.56. The summed E-state index contributed by atoms with van der Waals surface area (Å²) in [5.41, 5.74) is 2.02. The number of ether oxygens (including phenoxy) is 1. The van der Waals surface area contributed by atoms with Crippen LogP contribution in [0.25, 0.3) is 0 Å². The Hall–Kier alpha value is -2.87. The molecule has 0 saturated heterocycles. The number of hydrogen-bond acceptors (Lipinski definition) is 4. The molecule has 23 heavy (non-hydrogen) atoms. The summed E-state index contributed by atoms with van der Waals surface area (Å²) < 4.78 is 5.64. The zero-order chi connectivity index (χ0) is 16.7. The fraction of sp³-hybridized carbons (Fsp3) is 0.278. The van der Waals surface area contributed by atoms with Crippen molar-refractivity contribution in [1.29, 1.82) is 5.26 Å². The molecule has 118 valence electrons. The maximum Gasteiger partial charge on any atom is 0.269 e. The Balaban J connectivity index is 1.84. The molecule has 0 amide bonds.